The fourth-order valence-electron chi connectivity index (χ4n) is 5.35. The number of anilines is 1. The zero-order valence-electron chi connectivity index (χ0n) is 18.4. The first-order chi connectivity index (χ1) is 15.4. The molecule has 6 rings (SSSR count). The normalized spacial score (nSPS) is 28.5. The highest BCUT2D eigenvalue weighted by molar-refractivity contribution is 14.1. The molecule has 1 N–H and O–H groups in total. The summed E-state index contributed by atoms with van der Waals surface area (Å²) in [4.78, 5) is 12.2. The number of β-amino-alcohol motifs (C(OH)–C–C–N with tert-alkyl or cyclic N) is 1. The Balaban J connectivity index is 1.52. The lowest BCUT2D eigenvalue weighted by Gasteiger charge is -2.30. The molecule has 1 saturated carbocycles. The van der Waals surface area contributed by atoms with E-state index in [0.717, 1.165) is 60.2 Å². The average molecular weight is 569 g/mol. The molecule has 0 aromatic carbocycles. The Morgan fingerprint density at radius 2 is 2.06 bits per heavy atom. The zero-order chi connectivity index (χ0) is 22.1. The minimum atomic E-state index is -0.934. The SMILES string of the molecule is CSc1nc(N2CCOC[C@@](C)(O)C2)c2c(n1)C1(CC1)c1c-2nn(C2CCCCO2)c1I. The highest BCUT2D eigenvalue weighted by Gasteiger charge is 2.58. The van der Waals surface area contributed by atoms with Crippen LogP contribution in [0.3, 0.4) is 0 Å². The lowest BCUT2D eigenvalue weighted by atomic mass is 10.00. The molecular formula is C22H28IN5O3S. The molecule has 172 valence electrons. The van der Waals surface area contributed by atoms with Gasteiger partial charge in [0.2, 0.25) is 0 Å². The minimum absolute atomic E-state index is 0.00246. The largest absolute Gasteiger partial charge is 0.386 e. The van der Waals surface area contributed by atoms with Gasteiger partial charge in [0, 0.05) is 24.1 Å². The van der Waals surface area contributed by atoms with Gasteiger partial charge in [-0.05, 0) is 67.9 Å². The molecular weight excluding hydrogens is 541 g/mol. The Kier molecular flexibility index (Phi) is 5.25. The smallest absolute Gasteiger partial charge is 0.189 e. The summed E-state index contributed by atoms with van der Waals surface area (Å²) in [6.07, 6.45) is 7.48. The van der Waals surface area contributed by atoms with Crippen molar-refractivity contribution in [3.05, 3.63) is 15.0 Å². The van der Waals surface area contributed by atoms with Gasteiger partial charge in [0.15, 0.2) is 11.4 Å². The number of rotatable bonds is 3. The van der Waals surface area contributed by atoms with E-state index in [-0.39, 0.29) is 11.6 Å². The second-order valence-corrected chi connectivity index (χ2v) is 11.4. The van der Waals surface area contributed by atoms with Gasteiger partial charge in [0.1, 0.15) is 20.8 Å². The fraction of sp³-hybridized carbons (Fsp3) is 0.682. The van der Waals surface area contributed by atoms with Crippen LogP contribution in [0.15, 0.2) is 5.16 Å². The number of thioether (sulfide) groups is 1. The molecule has 32 heavy (non-hydrogen) atoms. The summed E-state index contributed by atoms with van der Waals surface area (Å²) in [6, 6.07) is 0. The van der Waals surface area contributed by atoms with E-state index in [1.54, 1.807) is 11.8 Å². The molecule has 2 atom stereocenters. The third kappa shape index (κ3) is 3.31. The first kappa shape index (κ1) is 21.6. The second-order valence-electron chi connectivity index (χ2n) is 9.59. The summed E-state index contributed by atoms with van der Waals surface area (Å²) < 4.78 is 15.0. The van der Waals surface area contributed by atoms with Crippen molar-refractivity contribution in [2.45, 2.75) is 61.4 Å². The lowest BCUT2D eigenvalue weighted by Crippen LogP contribution is -2.42. The number of aromatic nitrogens is 4. The quantitative estimate of drug-likeness (QED) is 0.343. The number of ether oxygens (including phenoxy) is 2. The summed E-state index contributed by atoms with van der Waals surface area (Å²) in [5, 5.41) is 16.8. The molecule has 2 saturated heterocycles. The van der Waals surface area contributed by atoms with Crippen molar-refractivity contribution in [2.75, 3.05) is 44.1 Å². The molecule has 4 heterocycles. The number of nitrogens with zero attached hydrogens (tertiary/aromatic N) is 5. The van der Waals surface area contributed by atoms with Crippen LogP contribution in [0.4, 0.5) is 5.82 Å². The zero-order valence-corrected chi connectivity index (χ0v) is 21.4. The van der Waals surface area contributed by atoms with Crippen LogP contribution < -0.4 is 4.90 Å². The van der Waals surface area contributed by atoms with Crippen LogP contribution in [0.25, 0.3) is 11.3 Å². The van der Waals surface area contributed by atoms with Crippen molar-refractivity contribution in [2.24, 2.45) is 0 Å². The third-order valence-electron chi connectivity index (χ3n) is 7.00. The molecule has 4 aliphatic rings. The predicted octanol–water partition coefficient (Wildman–Crippen LogP) is 3.35. The maximum absolute atomic E-state index is 10.8. The minimum Gasteiger partial charge on any atom is -0.386 e. The van der Waals surface area contributed by atoms with E-state index in [0.29, 0.717) is 26.3 Å². The van der Waals surface area contributed by atoms with Crippen LogP contribution in [0.1, 0.15) is 56.5 Å². The molecule has 8 nitrogen and oxygen atoms in total. The first-order valence-electron chi connectivity index (χ1n) is 11.4. The molecule has 2 aliphatic carbocycles. The Morgan fingerprint density at radius 1 is 1.22 bits per heavy atom. The van der Waals surface area contributed by atoms with E-state index in [2.05, 4.69) is 32.2 Å². The maximum Gasteiger partial charge on any atom is 0.189 e. The number of hydrogen-bond acceptors (Lipinski definition) is 8. The van der Waals surface area contributed by atoms with Crippen LogP contribution >= 0.6 is 34.4 Å². The monoisotopic (exact) mass is 569 g/mol. The summed E-state index contributed by atoms with van der Waals surface area (Å²) in [6.45, 7) is 4.65. The second kappa shape index (κ2) is 7.79. The van der Waals surface area contributed by atoms with Gasteiger partial charge in [-0.2, -0.15) is 5.10 Å². The van der Waals surface area contributed by atoms with Gasteiger partial charge < -0.3 is 19.5 Å². The van der Waals surface area contributed by atoms with E-state index in [1.165, 1.54) is 15.7 Å². The first-order valence-corrected chi connectivity index (χ1v) is 13.7. The summed E-state index contributed by atoms with van der Waals surface area (Å²) in [5.41, 5.74) is 3.47. The van der Waals surface area contributed by atoms with Crippen LogP contribution in [0.2, 0.25) is 0 Å². The van der Waals surface area contributed by atoms with Gasteiger partial charge >= 0.3 is 0 Å². The Morgan fingerprint density at radius 3 is 2.78 bits per heavy atom. The average Bonchev–Trinajstić information content (AvgIpc) is 3.48. The Hall–Kier alpha value is -0.950. The van der Waals surface area contributed by atoms with E-state index in [4.69, 9.17) is 24.5 Å². The van der Waals surface area contributed by atoms with Crippen molar-refractivity contribution in [1.82, 2.24) is 19.7 Å². The van der Waals surface area contributed by atoms with Crippen molar-refractivity contribution in [3.8, 4) is 11.3 Å². The van der Waals surface area contributed by atoms with Crippen LogP contribution in [0.5, 0.6) is 0 Å². The van der Waals surface area contributed by atoms with Gasteiger partial charge in [-0.15, -0.1) is 0 Å². The molecule has 10 heteroatoms. The molecule has 0 amide bonds. The summed E-state index contributed by atoms with van der Waals surface area (Å²) in [5.74, 6) is 0.876. The summed E-state index contributed by atoms with van der Waals surface area (Å²) in [7, 11) is 0. The molecule has 0 radical (unpaired) electrons. The van der Waals surface area contributed by atoms with Gasteiger partial charge in [-0.1, -0.05) is 11.8 Å². The van der Waals surface area contributed by atoms with Gasteiger partial charge in [-0.25, -0.2) is 14.6 Å². The van der Waals surface area contributed by atoms with E-state index in [9.17, 15) is 5.11 Å². The topological polar surface area (TPSA) is 85.5 Å². The standard InChI is InChI=1S/C22H28IN5O3S/c1-21(29)11-27(8-10-30-12-21)19-14-16-15(18(23)28(26-16)13-5-3-4-9-31-13)22(6-7-22)17(14)24-20(25-19)32-2/h13,29H,3-12H2,1-2H3/t13?,21-/m0/s1. The fourth-order valence-corrected chi connectivity index (χ4v) is 6.90. The molecule has 0 bridgehead atoms. The molecule has 3 fully saturated rings. The molecule has 2 aromatic rings. The molecule has 1 spiro atoms. The number of hydrogen-bond donors (Lipinski definition) is 1. The number of halogens is 1. The Bertz CT molecular complexity index is 1060. The van der Waals surface area contributed by atoms with Crippen molar-refractivity contribution in [3.63, 3.8) is 0 Å². The summed E-state index contributed by atoms with van der Waals surface area (Å²) >= 11 is 4.02. The molecule has 2 aliphatic heterocycles. The van der Waals surface area contributed by atoms with Crippen LogP contribution in [-0.4, -0.2) is 69.6 Å². The van der Waals surface area contributed by atoms with Gasteiger partial charge in [0.25, 0.3) is 0 Å². The van der Waals surface area contributed by atoms with Gasteiger partial charge in [-0.3, -0.25) is 0 Å². The highest BCUT2D eigenvalue weighted by atomic mass is 127. The Labute approximate surface area is 205 Å². The van der Waals surface area contributed by atoms with Crippen LogP contribution in [-0.2, 0) is 14.9 Å². The van der Waals surface area contributed by atoms with E-state index >= 15 is 0 Å². The van der Waals surface area contributed by atoms with E-state index < -0.39 is 5.60 Å². The highest BCUT2D eigenvalue weighted by Crippen LogP contribution is 2.64. The number of fused-ring (bicyclic) bond motifs is 5. The molecule has 2 aromatic heterocycles. The predicted molar refractivity (Wildman–Crippen MR) is 130 cm³/mol. The third-order valence-corrected chi connectivity index (χ3v) is 8.58. The van der Waals surface area contributed by atoms with Gasteiger partial charge in [0.05, 0.1) is 31.0 Å². The van der Waals surface area contributed by atoms with Crippen molar-refractivity contribution in [1.29, 1.82) is 0 Å². The lowest BCUT2D eigenvalue weighted by molar-refractivity contribution is -0.0410. The van der Waals surface area contributed by atoms with Crippen molar-refractivity contribution >= 4 is 40.2 Å². The van der Waals surface area contributed by atoms with E-state index in [1.807, 2.05) is 13.2 Å². The maximum atomic E-state index is 10.8. The van der Waals surface area contributed by atoms with Crippen molar-refractivity contribution < 1.29 is 14.6 Å². The molecule has 1 unspecified atom stereocenters. The number of aliphatic hydroxyl groups is 1. The van der Waals surface area contributed by atoms with Crippen LogP contribution in [0, 0.1) is 3.70 Å².